The van der Waals surface area contributed by atoms with Crippen LogP contribution >= 0.6 is 0 Å². The molecule has 0 bridgehead atoms. The number of rotatable bonds is 5. The Bertz CT molecular complexity index is 289. The molecule has 0 spiro atoms. The highest BCUT2D eigenvalue weighted by Gasteiger charge is 2.36. The van der Waals surface area contributed by atoms with Gasteiger partial charge in [0.25, 0.3) is 0 Å². The molecular formula is C17H34N2O. The van der Waals surface area contributed by atoms with Gasteiger partial charge in [0.15, 0.2) is 0 Å². The van der Waals surface area contributed by atoms with Crippen LogP contribution in [0.5, 0.6) is 0 Å². The number of nitrogens with one attached hydrogen (secondary N) is 1. The molecule has 2 saturated heterocycles. The van der Waals surface area contributed by atoms with E-state index < -0.39 is 0 Å². The summed E-state index contributed by atoms with van der Waals surface area (Å²) in [5, 5.41) is 3.48. The third-order valence-electron chi connectivity index (χ3n) is 5.38. The quantitative estimate of drug-likeness (QED) is 0.839. The van der Waals surface area contributed by atoms with Gasteiger partial charge in [0.05, 0.1) is 5.60 Å². The smallest absolute Gasteiger partial charge is 0.0666 e. The van der Waals surface area contributed by atoms with Gasteiger partial charge in [-0.05, 0) is 71.9 Å². The lowest BCUT2D eigenvalue weighted by Crippen LogP contribution is -2.51. The molecule has 2 atom stereocenters. The van der Waals surface area contributed by atoms with E-state index in [2.05, 4.69) is 37.9 Å². The predicted molar refractivity (Wildman–Crippen MR) is 85.1 cm³/mol. The topological polar surface area (TPSA) is 24.5 Å². The highest BCUT2D eigenvalue weighted by Crippen LogP contribution is 2.32. The van der Waals surface area contributed by atoms with Crippen molar-refractivity contribution < 1.29 is 4.74 Å². The maximum atomic E-state index is 6.03. The van der Waals surface area contributed by atoms with E-state index >= 15 is 0 Å². The van der Waals surface area contributed by atoms with Gasteiger partial charge in [-0.25, -0.2) is 0 Å². The first kappa shape index (κ1) is 16.3. The van der Waals surface area contributed by atoms with Crippen molar-refractivity contribution in [2.45, 2.75) is 77.5 Å². The summed E-state index contributed by atoms with van der Waals surface area (Å²) in [6, 6.07) is 1.36. The van der Waals surface area contributed by atoms with Gasteiger partial charge in [0.1, 0.15) is 0 Å². The van der Waals surface area contributed by atoms with Crippen molar-refractivity contribution in [1.29, 1.82) is 0 Å². The molecule has 0 aromatic heterocycles. The molecular weight excluding hydrogens is 248 g/mol. The Hall–Kier alpha value is -0.120. The molecule has 118 valence electrons. The second kappa shape index (κ2) is 7.24. The van der Waals surface area contributed by atoms with Gasteiger partial charge in [-0.3, -0.25) is 4.90 Å². The normalized spacial score (nSPS) is 33.0. The molecule has 2 fully saturated rings. The van der Waals surface area contributed by atoms with E-state index in [4.69, 9.17) is 4.74 Å². The van der Waals surface area contributed by atoms with Crippen LogP contribution in [0.3, 0.4) is 0 Å². The fourth-order valence-electron chi connectivity index (χ4n) is 3.77. The zero-order valence-corrected chi connectivity index (χ0v) is 14.0. The molecule has 2 aliphatic rings. The molecule has 0 amide bonds. The average Bonchev–Trinajstić information content (AvgIpc) is 2.45. The molecule has 2 aliphatic heterocycles. The van der Waals surface area contributed by atoms with Crippen molar-refractivity contribution in [2.75, 3.05) is 26.2 Å². The zero-order chi connectivity index (χ0) is 14.6. The van der Waals surface area contributed by atoms with E-state index in [0.29, 0.717) is 12.1 Å². The van der Waals surface area contributed by atoms with Crippen LogP contribution in [0.25, 0.3) is 0 Å². The molecule has 0 aromatic rings. The van der Waals surface area contributed by atoms with Crippen molar-refractivity contribution in [1.82, 2.24) is 10.2 Å². The lowest BCUT2D eigenvalue weighted by Gasteiger charge is -2.45. The Kier molecular flexibility index (Phi) is 5.88. The van der Waals surface area contributed by atoms with Gasteiger partial charge in [-0.2, -0.15) is 0 Å². The van der Waals surface area contributed by atoms with Crippen molar-refractivity contribution in [2.24, 2.45) is 5.92 Å². The summed E-state index contributed by atoms with van der Waals surface area (Å²) in [6.45, 7) is 13.9. The van der Waals surface area contributed by atoms with E-state index in [1.54, 1.807) is 0 Å². The van der Waals surface area contributed by atoms with E-state index in [0.717, 1.165) is 18.9 Å². The summed E-state index contributed by atoms with van der Waals surface area (Å²) in [6.07, 6.45) is 6.23. The van der Waals surface area contributed by atoms with E-state index in [-0.39, 0.29) is 5.60 Å². The van der Waals surface area contributed by atoms with Crippen LogP contribution in [-0.2, 0) is 4.74 Å². The first-order valence-corrected chi connectivity index (χ1v) is 8.64. The summed E-state index contributed by atoms with van der Waals surface area (Å²) < 4.78 is 6.03. The second-order valence-electron chi connectivity index (χ2n) is 7.28. The molecule has 20 heavy (non-hydrogen) atoms. The molecule has 2 unspecified atom stereocenters. The number of hydrogen-bond donors (Lipinski definition) is 1. The van der Waals surface area contributed by atoms with Crippen molar-refractivity contribution in [3.63, 3.8) is 0 Å². The van der Waals surface area contributed by atoms with Gasteiger partial charge < -0.3 is 10.1 Å². The highest BCUT2D eigenvalue weighted by atomic mass is 16.5. The fourth-order valence-corrected chi connectivity index (χ4v) is 3.77. The first-order chi connectivity index (χ1) is 9.54. The van der Waals surface area contributed by atoms with E-state index in [9.17, 15) is 0 Å². The second-order valence-corrected chi connectivity index (χ2v) is 7.28. The van der Waals surface area contributed by atoms with Crippen molar-refractivity contribution >= 4 is 0 Å². The standard InChI is InChI=1S/C17H34N2O/c1-5-17(4)12-16(8-11-20-17)19(14(2)3)13-15-6-9-18-10-7-15/h14-16,18H,5-13H2,1-4H3. The summed E-state index contributed by atoms with van der Waals surface area (Å²) in [5.74, 6) is 0.884. The van der Waals surface area contributed by atoms with Crippen LogP contribution in [0.1, 0.15) is 59.8 Å². The summed E-state index contributed by atoms with van der Waals surface area (Å²) in [7, 11) is 0. The average molecular weight is 282 g/mol. The third-order valence-corrected chi connectivity index (χ3v) is 5.38. The number of piperidine rings is 1. The fraction of sp³-hybridized carbons (Fsp3) is 1.00. The van der Waals surface area contributed by atoms with Gasteiger partial charge >= 0.3 is 0 Å². The third kappa shape index (κ3) is 4.19. The Labute approximate surface area is 125 Å². The Morgan fingerprint density at radius 1 is 1.25 bits per heavy atom. The number of nitrogens with zero attached hydrogens (tertiary/aromatic N) is 1. The minimum atomic E-state index is 0.101. The summed E-state index contributed by atoms with van der Waals surface area (Å²) in [4.78, 5) is 2.77. The van der Waals surface area contributed by atoms with Gasteiger partial charge in [0.2, 0.25) is 0 Å². The largest absolute Gasteiger partial charge is 0.375 e. The monoisotopic (exact) mass is 282 g/mol. The van der Waals surface area contributed by atoms with Crippen molar-refractivity contribution in [3.8, 4) is 0 Å². The van der Waals surface area contributed by atoms with Gasteiger partial charge in [0, 0.05) is 25.2 Å². The van der Waals surface area contributed by atoms with Crippen LogP contribution in [0.15, 0.2) is 0 Å². The molecule has 3 nitrogen and oxygen atoms in total. The molecule has 0 aromatic carbocycles. The molecule has 2 heterocycles. The lowest BCUT2D eigenvalue weighted by molar-refractivity contribution is -0.102. The summed E-state index contributed by atoms with van der Waals surface area (Å²) in [5.41, 5.74) is 0.101. The molecule has 0 radical (unpaired) electrons. The van der Waals surface area contributed by atoms with E-state index in [1.807, 2.05) is 0 Å². The van der Waals surface area contributed by atoms with Crippen LogP contribution in [0.2, 0.25) is 0 Å². The Morgan fingerprint density at radius 2 is 1.95 bits per heavy atom. The molecule has 0 aliphatic carbocycles. The Morgan fingerprint density at radius 3 is 2.55 bits per heavy atom. The molecule has 1 N–H and O–H groups in total. The van der Waals surface area contributed by atoms with Crippen LogP contribution in [0, 0.1) is 5.92 Å². The number of hydrogen-bond acceptors (Lipinski definition) is 3. The highest BCUT2D eigenvalue weighted by molar-refractivity contribution is 4.89. The Balaban J connectivity index is 1.96. The molecule has 3 heteroatoms. The minimum Gasteiger partial charge on any atom is -0.375 e. The van der Waals surface area contributed by atoms with Gasteiger partial charge in [-0.1, -0.05) is 6.92 Å². The van der Waals surface area contributed by atoms with Gasteiger partial charge in [-0.15, -0.1) is 0 Å². The molecule has 0 saturated carbocycles. The van der Waals surface area contributed by atoms with Crippen LogP contribution in [0.4, 0.5) is 0 Å². The summed E-state index contributed by atoms with van der Waals surface area (Å²) >= 11 is 0. The van der Waals surface area contributed by atoms with E-state index in [1.165, 1.54) is 45.3 Å². The predicted octanol–water partition coefficient (Wildman–Crippen LogP) is 3.04. The maximum absolute atomic E-state index is 6.03. The van der Waals surface area contributed by atoms with Crippen molar-refractivity contribution in [3.05, 3.63) is 0 Å². The van der Waals surface area contributed by atoms with Crippen LogP contribution < -0.4 is 5.32 Å². The van der Waals surface area contributed by atoms with Crippen LogP contribution in [-0.4, -0.2) is 48.8 Å². The molecule has 2 rings (SSSR count). The first-order valence-electron chi connectivity index (χ1n) is 8.64. The number of ether oxygens (including phenoxy) is 1. The lowest BCUT2D eigenvalue weighted by atomic mass is 9.87. The zero-order valence-electron chi connectivity index (χ0n) is 14.0. The minimum absolute atomic E-state index is 0.101. The SMILES string of the molecule is CCC1(C)CC(N(CC2CCNCC2)C(C)C)CCO1. The maximum Gasteiger partial charge on any atom is 0.0666 e.